The van der Waals surface area contributed by atoms with Gasteiger partial charge in [-0.2, -0.15) is 0 Å². The van der Waals surface area contributed by atoms with E-state index in [1.807, 2.05) is 0 Å². The van der Waals surface area contributed by atoms with E-state index >= 15 is 0 Å². The lowest BCUT2D eigenvalue weighted by Gasteiger charge is -2.16. The number of nitrogens with zero attached hydrogens (tertiary/aromatic N) is 1. The summed E-state index contributed by atoms with van der Waals surface area (Å²) in [5.41, 5.74) is 0.505. The summed E-state index contributed by atoms with van der Waals surface area (Å²) in [6, 6.07) is 4.11. The van der Waals surface area contributed by atoms with Gasteiger partial charge in [0.2, 0.25) is 0 Å². The summed E-state index contributed by atoms with van der Waals surface area (Å²) >= 11 is 3.18. The predicted molar refractivity (Wildman–Crippen MR) is 78.9 cm³/mol. The molecule has 6 nitrogen and oxygen atoms in total. The molecule has 1 N–H and O–H groups in total. The van der Waals surface area contributed by atoms with Crippen LogP contribution in [0.5, 0.6) is 0 Å². The number of carboxylic acids is 1. The third kappa shape index (κ3) is 4.11. The minimum absolute atomic E-state index is 0.0354. The summed E-state index contributed by atoms with van der Waals surface area (Å²) in [5, 5.41) is 18.7. The van der Waals surface area contributed by atoms with E-state index in [0.717, 1.165) is 0 Å². The number of carboxylic acid groups (broad SMARTS) is 1. The van der Waals surface area contributed by atoms with E-state index in [2.05, 4.69) is 15.9 Å². The molecular weight excluding hydrogens is 350 g/mol. The molecule has 110 valence electrons. The highest BCUT2D eigenvalue weighted by Gasteiger charge is 2.28. The lowest BCUT2D eigenvalue weighted by Crippen LogP contribution is -2.31. The van der Waals surface area contributed by atoms with E-state index < -0.39 is 26.9 Å². The lowest BCUT2D eigenvalue weighted by atomic mass is 10.1. The van der Waals surface area contributed by atoms with E-state index in [0.29, 0.717) is 10.0 Å². The SMILES string of the molecule is CC(C)C(C(=O)O)S(=O)Cc1ccc([N+](=O)[O-])cc1Br. The fourth-order valence-corrected chi connectivity index (χ4v) is 3.97. The van der Waals surface area contributed by atoms with Gasteiger partial charge in [-0.15, -0.1) is 0 Å². The number of halogens is 1. The zero-order valence-corrected chi connectivity index (χ0v) is 13.3. The van der Waals surface area contributed by atoms with E-state index in [-0.39, 0.29) is 17.4 Å². The molecule has 0 aliphatic carbocycles. The minimum Gasteiger partial charge on any atom is -0.480 e. The Bertz CT molecular complexity index is 561. The van der Waals surface area contributed by atoms with E-state index in [4.69, 9.17) is 5.11 Å². The van der Waals surface area contributed by atoms with Crippen molar-refractivity contribution < 1.29 is 19.0 Å². The lowest BCUT2D eigenvalue weighted by molar-refractivity contribution is -0.384. The molecule has 0 saturated heterocycles. The molecule has 2 atom stereocenters. The van der Waals surface area contributed by atoms with Crippen LogP contribution in [-0.2, 0) is 21.3 Å². The summed E-state index contributed by atoms with van der Waals surface area (Å²) in [6.07, 6.45) is 0. The summed E-state index contributed by atoms with van der Waals surface area (Å²) < 4.78 is 12.6. The third-order valence-electron chi connectivity index (χ3n) is 2.68. The molecule has 2 unspecified atom stereocenters. The van der Waals surface area contributed by atoms with Gasteiger partial charge in [0.05, 0.1) is 10.7 Å². The quantitative estimate of drug-likeness (QED) is 0.618. The summed E-state index contributed by atoms with van der Waals surface area (Å²) in [5.74, 6) is -1.32. The summed E-state index contributed by atoms with van der Waals surface area (Å²) in [7, 11) is -1.60. The predicted octanol–water partition coefficient (Wildman–Crippen LogP) is 2.72. The molecule has 0 aliphatic rings. The molecule has 20 heavy (non-hydrogen) atoms. The van der Waals surface area contributed by atoms with Crippen molar-refractivity contribution in [1.82, 2.24) is 0 Å². The van der Waals surface area contributed by atoms with Crippen LogP contribution < -0.4 is 0 Å². The van der Waals surface area contributed by atoms with Crippen LogP contribution in [0.4, 0.5) is 5.69 Å². The van der Waals surface area contributed by atoms with Crippen LogP contribution in [0.25, 0.3) is 0 Å². The zero-order valence-electron chi connectivity index (χ0n) is 10.9. The summed E-state index contributed by atoms with van der Waals surface area (Å²) in [6.45, 7) is 3.39. The molecule has 0 aromatic heterocycles. The van der Waals surface area contributed by atoms with Crippen molar-refractivity contribution >= 4 is 38.4 Å². The Morgan fingerprint density at radius 2 is 2.10 bits per heavy atom. The Kier molecular flexibility index (Phi) is 5.82. The number of hydrogen-bond acceptors (Lipinski definition) is 4. The first-order valence-corrected chi connectivity index (χ1v) is 7.94. The van der Waals surface area contributed by atoms with Crippen molar-refractivity contribution in [2.24, 2.45) is 5.92 Å². The number of benzene rings is 1. The van der Waals surface area contributed by atoms with E-state index in [9.17, 15) is 19.1 Å². The molecule has 0 aliphatic heterocycles. The van der Waals surface area contributed by atoms with Crippen molar-refractivity contribution in [2.75, 3.05) is 0 Å². The Morgan fingerprint density at radius 3 is 2.50 bits per heavy atom. The van der Waals surface area contributed by atoms with Crippen molar-refractivity contribution in [2.45, 2.75) is 24.9 Å². The largest absolute Gasteiger partial charge is 0.480 e. The fourth-order valence-electron chi connectivity index (χ4n) is 1.71. The Hall–Kier alpha value is -1.28. The van der Waals surface area contributed by atoms with Gasteiger partial charge in [0.15, 0.2) is 0 Å². The van der Waals surface area contributed by atoms with Gasteiger partial charge in [-0.25, -0.2) is 0 Å². The van der Waals surface area contributed by atoms with Crippen LogP contribution in [0.15, 0.2) is 22.7 Å². The second kappa shape index (κ2) is 6.94. The van der Waals surface area contributed by atoms with Gasteiger partial charge in [-0.05, 0) is 11.5 Å². The molecule has 0 fully saturated rings. The maximum Gasteiger partial charge on any atom is 0.319 e. The molecule has 1 aromatic rings. The molecule has 0 bridgehead atoms. The molecule has 8 heteroatoms. The third-order valence-corrected chi connectivity index (χ3v) is 5.32. The molecule has 0 heterocycles. The zero-order chi connectivity index (χ0) is 15.4. The fraction of sp³-hybridized carbons (Fsp3) is 0.417. The number of non-ortho nitro benzene ring substituents is 1. The smallest absolute Gasteiger partial charge is 0.319 e. The number of carbonyl (C=O) groups is 1. The standard InChI is InChI=1S/C12H14BrNO5S/c1-7(2)11(12(15)16)20(19)6-8-3-4-9(14(17)18)5-10(8)13/h3-5,7,11H,6H2,1-2H3,(H,15,16). The first-order chi connectivity index (χ1) is 9.23. The van der Waals surface area contributed by atoms with Crippen molar-refractivity contribution in [3.8, 4) is 0 Å². The number of aliphatic carboxylic acids is 1. The molecule has 0 amide bonds. The normalized spacial score (nSPS) is 14.0. The van der Waals surface area contributed by atoms with Gasteiger partial charge in [0.1, 0.15) is 5.25 Å². The van der Waals surface area contributed by atoms with E-state index in [1.54, 1.807) is 13.8 Å². The van der Waals surface area contributed by atoms with Crippen LogP contribution in [0, 0.1) is 16.0 Å². The van der Waals surface area contributed by atoms with Crippen LogP contribution in [0.3, 0.4) is 0 Å². The van der Waals surface area contributed by atoms with Gasteiger partial charge < -0.3 is 5.11 Å². The molecule has 0 spiro atoms. The van der Waals surface area contributed by atoms with Crippen LogP contribution >= 0.6 is 15.9 Å². The maximum absolute atomic E-state index is 12.1. The highest BCUT2D eigenvalue weighted by Crippen LogP contribution is 2.25. The topological polar surface area (TPSA) is 97.5 Å². The molecule has 0 radical (unpaired) electrons. The Balaban J connectivity index is 2.96. The van der Waals surface area contributed by atoms with Crippen LogP contribution in [0.1, 0.15) is 19.4 Å². The van der Waals surface area contributed by atoms with Gasteiger partial charge in [0.25, 0.3) is 5.69 Å². The van der Waals surface area contributed by atoms with Crippen molar-refractivity contribution in [3.05, 3.63) is 38.3 Å². The Morgan fingerprint density at radius 1 is 1.50 bits per heavy atom. The van der Waals surface area contributed by atoms with Crippen molar-refractivity contribution in [1.29, 1.82) is 0 Å². The first-order valence-electron chi connectivity index (χ1n) is 5.76. The molecule has 1 rings (SSSR count). The molecule has 0 saturated carbocycles. The number of rotatable bonds is 6. The molecular formula is C12H14BrNO5S. The van der Waals surface area contributed by atoms with Gasteiger partial charge in [-0.1, -0.05) is 35.8 Å². The molecule has 1 aromatic carbocycles. The first kappa shape index (κ1) is 16.8. The van der Waals surface area contributed by atoms with Crippen LogP contribution in [0.2, 0.25) is 0 Å². The highest BCUT2D eigenvalue weighted by atomic mass is 79.9. The number of nitro benzene ring substituents is 1. The van der Waals surface area contributed by atoms with Gasteiger partial charge in [0, 0.05) is 27.4 Å². The second-order valence-electron chi connectivity index (χ2n) is 4.56. The maximum atomic E-state index is 12.1. The average molecular weight is 364 g/mol. The minimum atomic E-state index is -1.60. The van der Waals surface area contributed by atoms with Crippen molar-refractivity contribution in [3.63, 3.8) is 0 Å². The Labute approximate surface area is 126 Å². The van der Waals surface area contributed by atoms with Crippen LogP contribution in [-0.4, -0.2) is 25.5 Å². The highest BCUT2D eigenvalue weighted by molar-refractivity contribution is 9.10. The monoisotopic (exact) mass is 363 g/mol. The summed E-state index contributed by atoms with van der Waals surface area (Å²) in [4.78, 5) is 21.2. The second-order valence-corrected chi connectivity index (χ2v) is 6.97. The van der Waals surface area contributed by atoms with Gasteiger partial charge >= 0.3 is 5.97 Å². The number of nitro groups is 1. The van der Waals surface area contributed by atoms with Gasteiger partial charge in [-0.3, -0.25) is 19.1 Å². The average Bonchev–Trinajstić information content (AvgIpc) is 2.30. The van der Waals surface area contributed by atoms with E-state index in [1.165, 1.54) is 18.2 Å². The number of hydrogen-bond donors (Lipinski definition) is 1.